The van der Waals surface area contributed by atoms with Crippen molar-refractivity contribution in [3.63, 3.8) is 0 Å². The van der Waals surface area contributed by atoms with E-state index in [-0.39, 0.29) is 0 Å². The van der Waals surface area contributed by atoms with Gasteiger partial charge in [0.1, 0.15) is 0 Å². The molecule has 100 valence electrons. The van der Waals surface area contributed by atoms with Gasteiger partial charge in [-0.15, -0.1) is 0 Å². The van der Waals surface area contributed by atoms with Gasteiger partial charge >= 0.3 is 0 Å². The van der Waals surface area contributed by atoms with Crippen LogP contribution in [0, 0.1) is 0 Å². The highest BCUT2D eigenvalue weighted by atomic mass is 16.5. The van der Waals surface area contributed by atoms with Gasteiger partial charge < -0.3 is 10.5 Å². The van der Waals surface area contributed by atoms with Crippen LogP contribution < -0.4 is 5.73 Å². The van der Waals surface area contributed by atoms with E-state index in [9.17, 15) is 0 Å². The van der Waals surface area contributed by atoms with E-state index in [2.05, 4.69) is 43.0 Å². The summed E-state index contributed by atoms with van der Waals surface area (Å²) in [7, 11) is 0. The minimum Gasteiger partial charge on any atom is -0.376 e. The third kappa shape index (κ3) is 3.10. The van der Waals surface area contributed by atoms with Gasteiger partial charge in [0.2, 0.25) is 0 Å². The SMILES string of the molecule is CCc1ccc(C(CN)N2CCOC(C)C2)cc1. The molecule has 3 nitrogen and oxygen atoms in total. The molecule has 3 heteroatoms. The molecule has 0 aliphatic carbocycles. The first-order chi connectivity index (χ1) is 8.74. The normalized spacial score (nSPS) is 22.9. The first-order valence-electron chi connectivity index (χ1n) is 6.89. The molecular formula is C15H24N2O. The summed E-state index contributed by atoms with van der Waals surface area (Å²) in [5, 5.41) is 0. The first-order valence-corrected chi connectivity index (χ1v) is 6.89. The molecule has 2 rings (SSSR count). The number of nitrogens with two attached hydrogens (primary N) is 1. The van der Waals surface area contributed by atoms with Gasteiger partial charge in [0.25, 0.3) is 0 Å². The molecule has 18 heavy (non-hydrogen) atoms. The Labute approximate surface area is 110 Å². The molecule has 1 aliphatic rings. The fourth-order valence-electron chi connectivity index (χ4n) is 2.60. The van der Waals surface area contributed by atoms with E-state index in [1.54, 1.807) is 0 Å². The molecule has 2 unspecified atom stereocenters. The Morgan fingerprint density at radius 3 is 2.67 bits per heavy atom. The van der Waals surface area contributed by atoms with Gasteiger partial charge in [0.05, 0.1) is 12.7 Å². The highest BCUT2D eigenvalue weighted by molar-refractivity contribution is 5.25. The Kier molecular flexibility index (Phi) is 4.75. The molecule has 1 aliphatic heterocycles. The number of nitrogens with zero attached hydrogens (tertiary/aromatic N) is 1. The van der Waals surface area contributed by atoms with E-state index >= 15 is 0 Å². The molecule has 1 aromatic rings. The number of morpholine rings is 1. The zero-order chi connectivity index (χ0) is 13.0. The van der Waals surface area contributed by atoms with E-state index in [4.69, 9.17) is 10.5 Å². The van der Waals surface area contributed by atoms with E-state index < -0.39 is 0 Å². The average Bonchev–Trinajstić information content (AvgIpc) is 2.40. The Hall–Kier alpha value is -0.900. The van der Waals surface area contributed by atoms with E-state index in [0.717, 1.165) is 26.1 Å². The molecule has 0 bridgehead atoms. The minimum atomic E-state index is 0.308. The Balaban J connectivity index is 2.11. The lowest BCUT2D eigenvalue weighted by molar-refractivity contribution is -0.0333. The van der Waals surface area contributed by atoms with Crippen molar-refractivity contribution in [1.82, 2.24) is 4.90 Å². The van der Waals surface area contributed by atoms with Crippen molar-refractivity contribution in [3.05, 3.63) is 35.4 Å². The van der Waals surface area contributed by atoms with Crippen LogP contribution in [0.1, 0.15) is 31.0 Å². The fourth-order valence-corrected chi connectivity index (χ4v) is 2.60. The third-order valence-corrected chi connectivity index (χ3v) is 3.71. The van der Waals surface area contributed by atoms with Crippen LogP contribution in [0.25, 0.3) is 0 Å². The molecule has 0 spiro atoms. The molecule has 1 saturated heterocycles. The van der Waals surface area contributed by atoms with Crippen molar-refractivity contribution in [1.29, 1.82) is 0 Å². The van der Waals surface area contributed by atoms with Crippen LogP contribution in [-0.4, -0.2) is 37.2 Å². The fraction of sp³-hybridized carbons (Fsp3) is 0.600. The Bertz CT molecular complexity index is 363. The zero-order valence-electron chi connectivity index (χ0n) is 11.4. The Morgan fingerprint density at radius 1 is 1.39 bits per heavy atom. The highest BCUT2D eigenvalue weighted by Gasteiger charge is 2.24. The molecule has 1 heterocycles. The van der Waals surface area contributed by atoms with Gasteiger partial charge in [0.15, 0.2) is 0 Å². The van der Waals surface area contributed by atoms with Crippen LogP contribution in [0.4, 0.5) is 0 Å². The van der Waals surface area contributed by atoms with E-state index in [1.807, 2.05) is 0 Å². The molecule has 0 amide bonds. The van der Waals surface area contributed by atoms with Crippen LogP contribution in [0.15, 0.2) is 24.3 Å². The van der Waals surface area contributed by atoms with E-state index in [0.29, 0.717) is 18.7 Å². The second-order valence-corrected chi connectivity index (χ2v) is 5.02. The van der Waals surface area contributed by atoms with Gasteiger partial charge in [-0.1, -0.05) is 31.2 Å². The standard InChI is InChI=1S/C15H24N2O/c1-3-13-4-6-14(7-5-13)15(10-16)17-8-9-18-12(2)11-17/h4-7,12,15H,3,8-11,16H2,1-2H3. The Morgan fingerprint density at radius 2 is 2.11 bits per heavy atom. The van der Waals surface area contributed by atoms with Crippen LogP contribution in [0.2, 0.25) is 0 Å². The number of hydrogen-bond acceptors (Lipinski definition) is 3. The van der Waals surface area contributed by atoms with Crippen molar-refractivity contribution < 1.29 is 4.74 Å². The van der Waals surface area contributed by atoms with Crippen molar-refractivity contribution in [2.75, 3.05) is 26.2 Å². The summed E-state index contributed by atoms with van der Waals surface area (Å²) in [5.74, 6) is 0. The van der Waals surface area contributed by atoms with Crippen LogP contribution >= 0.6 is 0 Å². The van der Waals surface area contributed by atoms with Gasteiger partial charge in [0, 0.05) is 25.7 Å². The molecule has 0 aromatic heterocycles. The van der Waals surface area contributed by atoms with Gasteiger partial charge in [-0.3, -0.25) is 4.90 Å². The lowest BCUT2D eigenvalue weighted by atomic mass is 10.0. The smallest absolute Gasteiger partial charge is 0.0674 e. The largest absolute Gasteiger partial charge is 0.376 e. The second-order valence-electron chi connectivity index (χ2n) is 5.02. The van der Waals surface area contributed by atoms with E-state index in [1.165, 1.54) is 11.1 Å². The average molecular weight is 248 g/mol. The molecule has 1 fully saturated rings. The van der Waals surface area contributed by atoms with Crippen LogP contribution in [0.3, 0.4) is 0 Å². The molecule has 2 atom stereocenters. The molecule has 2 N–H and O–H groups in total. The van der Waals surface area contributed by atoms with Gasteiger partial charge in [-0.2, -0.15) is 0 Å². The maximum Gasteiger partial charge on any atom is 0.0674 e. The quantitative estimate of drug-likeness (QED) is 0.885. The molecular weight excluding hydrogens is 224 g/mol. The van der Waals surface area contributed by atoms with Gasteiger partial charge in [-0.05, 0) is 24.5 Å². The highest BCUT2D eigenvalue weighted by Crippen LogP contribution is 2.22. The summed E-state index contributed by atoms with van der Waals surface area (Å²) in [6, 6.07) is 9.18. The predicted octanol–water partition coefficient (Wildman–Crippen LogP) is 1.97. The third-order valence-electron chi connectivity index (χ3n) is 3.71. The maximum atomic E-state index is 5.97. The van der Waals surface area contributed by atoms with Crippen LogP contribution in [0.5, 0.6) is 0 Å². The van der Waals surface area contributed by atoms with Crippen molar-refractivity contribution in [2.45, 2.75) is 32.4 Å². The number of ether oxygens (including phenoxy) is 1. The predicted molar refractivity (Wildman–Crippen MR) is 74.6 cm³/mol. The minimum absolute atomic E-state index is 0.308. The van der Waals surface area contributed by atoms with Crippen molar-refractivity contribution in [2.24, 2.45) is 5.73 Å². The summed E-state index contributed by atoms with van der Waals surface area (Å²) in [5.41, 5.74) is 8.67. The summed E-state index contributed by atoms with van der Waals surface area (Å²) in [6.07, 6.45) is 1.39. The van der Waals surface area contributed by atoms with Crippen LogP contribution in [-0.2, 0) is 11.2 Å². The lowest BCUT2D eigenvalue weighted by Crippen LogP contribution is -2.45. The second kappa shape index (κ2) is 6.32. The van der Waals surface area contributed by atoms with Crippen molar-refractivity contribution in [3.8, 4) is 0 Å². The zero-order valence-corrected chi connectivity index (χ0v) is 11.4. The number of hydrogen-bond donors (Lipinski definition) is 1. The molecule has 0 radical (unpaired) electrons. The summed E-state index contributed by atoms with van der Waals surface area (Å²) >= 11 is 0. The van der Waals surface area contributed by atoms with Gasteiger partial charge in [-0.25, -0.2) is 0 Å². The van der Waals surface area contributed by atoms with Crippen molar-refractivity contribution >= 4 is 0 Å². The summed E-state index contributed by atoms with van der Waals surface area (Å²) < 4.78 is 5.59. The molecule has 0 saturated carbocycles. The lowest BCUT2D eigenvalue weighted by Gasteiger charge is -2.37. The first kappa shape index (κ1) is 13.5. The summed E-state index contributed by atoms with van der Waals surface area (Å²) in [4.78, 5) is 2.44. The number of rotatable bonds is 4. The number of benzene rings is 1. The summed E-state index contributed by atoms with van der Waals surface area (Å²) in [6.45, 7) is 7.72. The number of aryl methyl sites for hydroxylation is 1. The maximum absolute atomic E-state index is 5.97. The topological polar surface area (TPSA) is 38.5 Å². The molecule has 1 aromatic carbocycles. The monoisotopic (exact) mass is 248 g/mol.